The van der Waals surface area contributed by atoms with Crippen LogP contribution in [0.1, 0.15) is 53.0 Å². The predicted octanol–water partition coefficient (Wildman–Crippen LogP) is 4.50. The topological polar surface area (TPSA) is 54.5 Å². The molecule has 1 N–H and O–H groups in total. The van der Waals surface area contributed by atoms with Gasteiger partial charge in [0.05, 0.1) is 0 Å². The maximum atomic E-state index is 11.8. The molecule has 0 fully saturated rings. The van der Waals surface area contributed by atoms with Crippen molar-refractivity contribution in [3.63, 3.8) is 0 Å². The van der Waals surface area contributed by atoms with E-state index in [9.17, 15) is 4.79 Å². The summed E-state index contributed by atoms with van der Waals surface area (Å²) in [4.78, 5) is 18.3. The molecule has 1 rings (SSSR count). The molecule has 1 aromatic heterocycles. The van der Waals surface area contributed by atoms with Gasteiger partial charge < -0.3 is 10.1 Å². The van der Waals surface area contributed by atoms with Crippen LogP contribution in [0, 0.1) is 5.92 Å². The summed E-state index contributed by atoms with van der Waals surface area (Å²) in [6.07, 6.45) is 3.73. The minimum Gasteiger partial charge on any atom is -0.444 e. The number of rotatable bonds is 9. The third-order valence-electron chi connectivity index (χ3n) is 3.96. The molecule has 0 saturated carbocycles. The Morgan fingerprint density at radius 3 is 2.52 bits per heavy atom. The van der Waals surface area contributed by atoms with Gasteiger partial charge in [-0.2, -0.15) is 0 Å². The van der Waals surface area contributed by atoms with Gasteiger partial charge in [0.25, 0.3) is 0 Å². The second kappa shape index (κ2) is 10.6. The van der Waals surface area contributed by atoms with Crippen LogP contribution in [0.2, 0.25) is 5.15 Å². The van der Waals surface area contributed by atoms with Gasteiger partial charge >= 0.3 is 6.09 Å². The van der Waals surface area contributed by atoms with Crippen LogP contribution in [0.5, 0.6) is 0 Å². The summed E-state index contributed by atoms with van der Waals surface area (Å²) >= 11 is 5.86. The molecule has 6 heteroatoms. The van der Waals surface area contributed by atoms with E-state index < -0.39 is 5.60 Å². The number of aromatic nitrogens is 1. The largest absolute Gasteiger partial charge is 0.444 e. The molecule has 0 bridgehead atoms. The number of ether oxygens (including phenoxy) is 1. The third-order valence-corrected chi connectivity index (χ3v) is 4.19. The van der Waals surface area contributed by atoms with Crippen LogP contribution in [-0.2, 0) is 11.3 Å². The van der Waals surface area contributed by atoms with Crippen molar-refractivity contribution >= 4 is 17.7 Å². The van der Waals surface area contributed by atoms with E-state index in [1.165, 1.54) is 0 Å². The van der Waals surface area contributed by atoms with E-state index in [-0.39, 0.29) is 6.09 Å². The average molecular weight is 370 g/mol. The molecule has 25 heavy (non-hydrogen) atoms. The number of nitrogens with one attached hydrogen (secondary N) is 1. The highest BCUT2D eigenvalue weighted by atomic mass is 35.5. The van der Waals surface area contributed by atoms with E-state index in [0.717, 1.165) is 38.0 Å². The number of hydrogen-bond acceptors (Lipinski definition) is 4. The third kappa shape index (κ3) is 9.66. The van der Waals surface area contributed by atoms with Crippen LogP contribution in [0.3, 0.4) is 0 Å². The number of pyridine rings is 1. The minimum absolute atomic E-state index is 0.372. The summed E-state index contributed by atoms with van der Waals surface area (Å²) in [5.41, 5.74) is 0.640. The number of carbonyl (C=O) groups is 1. The Morgan fingerprint density at radius 2 is 2.00 bits per heavy atom. The van der Waals surface area contributed by atoms with Crippen LogP contribution < -0.4 is 5.32 Å². The molecule has 0 aliphatic carbocycles. The van der Waals surface area contributed by atoms with Crippen molar-refractivity contribution in [1.82, 2.24) is 15.2 Å². The Labute approximate surface area is 157 Å². The molecular formula is C19H32ClN3O2. The fourth-order valence-corrected chi connectivity index (χ4v) is 2.65. The van der Waals surface area contributed by atoms with Crippen LogP contribution in [0.25, 0.3) is 0 Å². The van der Waals surface area contributed by atoms with Gasteiger partial charge in [-0.05, 0) is 38.3 Å². The van der Waals surface area contributed by atoms with E-state index >= 15 is 0 Å². The monoisotopic (exact) mass is 369 g/mol. The highest BCUT2D eigenvalue weighted by Crippen LogP contribution is 2.13. The van der Waals surface area contributed by atoms with E-state index in [1.807, 2.05) is 39.1 Å². The van der Waals surface area contributed by atoms with Crippen molar-refractivity contribution in [2.75, 3.05) is 19.6 Å². The van der Waals surface area contributed by atoms with Crippen LogP contribution >= 0.6 is 11.6 Å². The van der Waals surface area contributed by atoms with E-state index in [0.29, 0.717) is 17.6 Å². The molecule has 0 aliphatic heterocycles. The highest BCUT2D eigenvalue weighted by Gasteiger charge is 2.17. The van der Waals surface area contributed by atoms with E-state index in [2.05, 4.69) is 29.0 Å². The lowest BCUT2D eigenvalue weighted by molar-refractivity contribution is 0.0520. The zero-order chi connectivity index (χ0) is 18.9. The fraction of sp³-hybridized carbons (Fsp3) is 0.684. The van der Waals surface area contributed by atoms with Crippen molar-refractivity contribution < 1.29 is 9.53 Å². The van der Waals surface area contributed by atoms with Crippen molar-refractivity contribution in [1.29, 1.82) is 0 Å². The number of nitrogens with zero attached hydrogens (tertiary/aromatic N) is 2. The molecule has 1 heterocycles. The first kappa shape index (κ1) is 21.7. The first-order valence-corrected chi connectivity index (χ1v) is 9.41. The average Bonchev–Trinajstić information content (AvgIpc) is 2.52. The summed E-state index contributed by atoms with van der Waals surface area (Å²) in [5.74, 6) is 0.641. The van der Waals surface area contributed by atoms with Crippen molar-refractivity contribution in [2.24, 2.45) is 5.92 Å². The van der Waals surface area contributed by atoms with Gasteiger partial charge in [0.15, 0.2) is 0 Å². The molecule has 1 amide bonds. The van der Waals surface area contributed by atoms with Crippen molar-refractivity contribution in [3.05, 3.63) is 29.0 Å². The maximum absolute atomic E-state index is 11.8. The molecule has 0 atom stereocenters. The smallest absolute Gasteiger partial charge is 0.407 e. The summed E-state index contributed by atoms with van der Waals surface area (Å²) in [6.45, 7) is 13.1. The molecule has 0 aliphatic rings. The van der Waals surface area contributed by atoms with Crippen molar-refractivity contribution in [3.8, 4) is 0 Å². The Hall–Kier alpha value is -1.33. The molecule has 142 valence electrons. The number of carbonyl (C=O) groups excluding carboxylic acids is 1. The molecule has 0 saturated heterocycles. The second-order valence-corrected chi connectivity index (χ2v) is 7.72. The Kier molecular flexibility index (Phi) is 9.22. The van der Waals surface area contributed by atoms with Gasteiger partial charge in [-0.1, -0.05) is 44.4 Å². The zero-order valence-electron chi connectivity index (χ0n) is 16.1. The predicted molar refractivity (Wildman–Crippen MR) is 103 cm³/mol. The maximum Gasteiger partial charge on any atom is 0.407 e. The molecule has 0 spiro atoms. The molecule has 0 radical (unpaired) electrons. The lowest BCUT2D eigenvalue weighted by Crippen LogP contribution is -2.39. The molecule has 0 unspecified atom stereocenters. The van der Waals surface area contributed by atoms with E-state index in [4.69, 9.17) is 16.3 Å². The van der Waals surface area contributed by atoms with Gasteiger partial charge in [-0.25, -0.2) is 9.78 Å². The Bertz CT molecular complexity index is 510. The first-order valence-electron chi connectivity index (χ1n) is 9.03. The van der Waals surface area contributed by atoms with E-state index in [1.54, 1.807) is 0 Å². The van der Waals surface area contributed by atoms with Gasteiger partial charge in [0.1, 0.15) is 10.8 Å². The van der Waals surface area contributed by atoms with Crippen LogP contribution in [-0.4, -0.2) is 41.2 Å². The summed E-state index contributed by atoms with van der Waals surface area (Å²) < 4.78 is 5.28. The number of halogens is 1. The lowest BCUT2D eigenvalue weighted by atomic mass is 10.0. The minimum atomic E-state index is -0.478. The molecule has 5 nitrogen and oxygen atoms in total. The quantitative estimate of drug-likeness (QED) is 0.651. The lowest BCUT2D eigenvalue weighted by Gasteiger charge is -2.27. The Morgan fingerprint density at radius 1 is 1.32 bits per heavy atom. The highest BCUT2D eigenvalue weighted by molar-refractivity contribution is 6.29. The van der Waals surface area contributed by atoms with Crippen LogP contribution in [0.15, 0.2) is 18.3 Å². The number of alkyl carbamates (subject to hydrolysis) is 1. The molecule has 1 aromatic rings. The van der Waals surface area contributed by atoms with Gasteiger partial charge in [0.2, 0.25) is 0 Å². The standard InChI is InChI=1S/C19H32ClN3O2/c1-6-15(7-2)13-23(14-16-8-9-17(20)22-12-16)11-10-21-18(24)25-19(3,4)5/h8-9,12,15H,6-7,10-11,13-14H2,1-5H3,(H,21,24). The second-order valence-electron chi connectivity index (χ2n) is 7.34. The van der Waals surface area contributed by atoms with Crippen molar-refractivity contribution in [2.45, 2.75) is 59.6 Å². The SMILES string of the molecule is CCC(CC)CN(CCNC(=O)OC(C)(C)C)Cc1ccc(Cl)nc1. The Balaban J connectivity index is 2.58. The number of hydrogen-bond donors (Lipinski definition) is 1. The normalized spacial score (nSPS) is 11.8. The van der Waals surface area contributed by atoms with Gasteiger partial charge in [0, 0.05) is 32.4 Å². The molecular weight excluding hydrogens is 338 g/mol. The number of amides is 1. The summed E-state index contributed by atoms with van der Waals surface area (Å²) in [7, 11) is 0. The summed E-state index contributed by atoms with van der Waals surface area (Å²) in [5, 5.41) is 3.34. The van der Waals surface area contributed by atoms with Crippen LogP contribution in [0.4, 0.5) is 4.79 Å². The van der Waals surface area contributed by atoms with Gasteiger partial charge in [-0.3, -0.25) is 4.90 Å². The summed E-state index contributed by atoms with van der Waals surface area (Å²) in [6, 6.07) is 3.81. The van der Waals surface area contributed by atoms with Gasteiger partial charge in [-0.15, -0.1) is 0 Å². The molecule has 0 aromatic carbocycles. The first-order chi connectivity index (χ1) is 11.7. The zero-order valence-corrected chi connectivity index (χ0v) is 16.9. The fourth-order valence-electron chi connectivity index (χ4n) is 2.54.